The normalized spacial score (nSPS) is 6.71. The first-order valence-electron chi connectivity index (χ1n) is 1.32. The van der Waals surface area contributed by atoms with Crippen LogP contribution in [0.2, 0.25) is 11.6 Å². The molecule has 0 spiro atoms. The van der Waals surface area contributed by atoms with Gasteiger partial charge >= 0.3 is 26.6 Å². The molecule has 0 atom stereocenters. The van der Waals surface area contributed by atoms with Crippen LogP contribution in [0, 0.1) is 0 Å². The molecule has 1 nitrogen and oxygen atoms in total. The van der Waals surface area contributed by atoms with Crippen LogP contribution in [0.25, 0.3) is 0 Å². The predicted octanol–water partition coefficient (Wildman–Crippen LogP) is 1.32. The van der Waals surface area contributed by atoms with Crippen LogP contribution in [-0.2, 0) is 15.0 Å². The van der Waals surface area contributed by atoms with Crippen molar-refractivity contribution in [3.05, 3.63) is 0 Å². The molecule has 0 saturated heterocycles. The van der Waals surface area contributed by atoms with Gasteiger partial charge in [-0.2, -0.15) is 0 Å². The van der Waals surface area contributed by atoms with Gasteiger partial charge in [-0.1, -0.05) is 12.2 Å². The SMILES string of the molecule is NC(=S)S.[CH3][Cu][CH3]. The number of thiol groups is 1. The van der Waals surface area contributed by atoms with Crippen molar-refractivity contribution in [1.82, 2.24) is 0 Å². The fourth-order valence-electron chi connectivity index (χ4n) is 0. The zero-order valence-corrected chi connectivity index (χ0v) is 6.89. The Balaban J connectivity index is 0. The predicted molar refractivity (Wildman–Crippen MR) is 37.5 cm³/mol. The second-order valence-electron chi connectivity index (χ2n) is 0.640. The van der Waals surface area contributed by atoms with Gasteiger partial charge in [0.25, 0.3) is 0 Å². The molecule has 0 amide bonds. The summed E-state index contributed by atoms with van der Waals surface area (Å²) in [7, 11) is 0. The molecule has 49 valence electrons. The van der Waals surface area contributed by atoms with Gasteiger partial charge in [0.1, 0.15) is 4.32 Å². The molecule has 0 unspecified atom stereocenters. The van der Waals surface area contributed by atoms with Crippen molar-refractivity contribution in [2.45, 2.75) is 11.6 Å². The third-order valence-corrected chi connectivity index (χ3v) is 0. The van der Waals surface area contributed by atoms with Crippen LogP contribution in [-0.4, -0.2) is 4.32 Å². The first kappa shape index (κ1) is 10.7. The molecule has 0 heterocycles. The molecular weight excluding hydrogens is 178 g/mol. The minimum absolute atomic E-state index is 0.194. The molecule has 0 fully saturated rings. The van der Waals surface area contributed by atoms with E-state index >= 15 is 0 Å². The summed E-state index contributed by atoms with van der Waals surface area (Å²) in [6.45, 7) is 0. The average Bonchev–Trinajstić information content (AvgIpc) is 1.33. The van der Waals surface area contributed by atoms with Crippen LogP contribution in [0.3, 0.4) is 0 Å². The summed E-state index contributed by atoms with van der Waals surface area (Å²) in [5.41, 5.74) is 4.71. The van der Waals surface area contributed by atoms with E-state index in [1.807, 2.05) is 26.6 Å². The molecule has 0 bridgehead atoms. The standard InChI is InChI=1S/CH3NS2.2CH3.Cu/c2-1(3)4;;;/h(H3,2,3,4);2*1H3;. The molecule has 0 aliphatic heterocycles. The fourth-order valence-corrected chi connectivity index (χ4v) is 0. The molecule has 0 aromatic carbocycles. The summed E-state index contributed by atoms with van der Waals surface area (Å²) in [4.78, 5) is 0. The van der Waals surface area contributed by atoms with E-state index in [0.29, 0.717) is 0 Å². The van der Waals surface area contributed by atoms with Gasteiger partial charge in [0.2, 0.25) is 0 Å². The van der Waals surface area contributed by atoms with Crippen LogP contribution in [0.15, 0.2) is 0 Å². The van der Waals surface area contributed by atoms with E-state index in [4.69, 9.17) is 5.73 Å². The maximum atomic E-state index is 4.71. The summed E-state index contributed by atoms with van der Waals surface area (Å²) in [6.07, 6.45) is 0. The van der Waals surface area contributed by atoms with Gasteiger partial charge in [0.15, 0.2) is 0 Å². The number of thiocarbonyl (C=S) groups is 1. The first-order chi connectivity index (χ1) is 3.15. The maximum absolute atomic E-state index is 4.71. The van der Waals surface area contributed by atoms with Crippen molar-refractivity contribution < 1.29 is 15.0 Å². The van der Waals surface area contributed by atoms with Gasteiger partial charge in [0.05, 0.1) is 0 Å². The zero-order valence-electron chi connectivity index (χ0n) is 4.23. The average molecular weight is 187 g/mol. The molecule has 0 aromatic rings. The quantitative estimate of drug-likeness (QED) is 0.339. The van der Waals surface area contributed by atoms with E-state index in [-0.39, 0.29) is 4.32 Å². The van der Waals surface area contributed by atoms with Crippen LogP contribution in [0.1, 0.15) is 0 Å². The molecule has 0 aliphatic rings. The second-order valence-corrected chi connectivity index (χ2v) is 2.81. The Hall–Kier alpha value is 0.759. The van der Waals surface area contributed by atoms with Crippen LogP contribution >= 0.6 is 24.8 Å². The van der Waals surface area contributed by atoms with Crippen molar-refractivity contribution in [1.29, 1.82) is 0 Å². The molecule has 0 rings (SSSR count). The van der Waals surface area contributed by atoms with Crippen molar-refractivity contribution in [3.63, 3.8) is 0 Å². The Kier molecular flexibility index (Phi) is 15.1. The van der Waals surface area contributed by atoms with Crippen molar-refractivity contribution in [2.24, 2.45) is 5.73 Å². The number of rotatable bonds is 0. The van der Waals surface area contributed by atoms with Crippen LogP contribution in [0.5, 0.6) is 0 Å². The van der Waals surface area contributed by atoms with Gasteiger partial charge in [-0.05, 0) is 0 Å². The third kappa shape index (κ3) is 265. The van der Waals surface area contributed by atoms with Gasteiger partial charge in [-0.25, -0.2) is 0 Å². The van der Waals surface area contributed by atoms with E-state index < -0.39 is 0 Å². The summed E-state index contributed by atoms with van der Waals surface area (Å²) in [6, 6.07) is 0. The molecule has 0 aliphatic carbocycles. The van der Waals surface area contributed by atoms with E-state index in [9.17, 15) is 0 Å². The molecular formula is C3H9CuNS2. The van der Waals surface area contributed by atoms with Gasteiger partial charge < -0.3 is 5.73 Å². The minimum atomic E-state index is 0.194. The molecule has 4 heteroatoms. The Labute approximate surface area is 61.6 Å². The Morgan fingerprint density at radius 3 is 1.71 bits per heavy atom. The summed E-state index contributed by atoms with van der Waals surface area (Å²) in [5, 5.41) is 0. The molecule has 0 radical (unpaired) electrons. The van der Waals surface area contributed by atoms with Gasteiger partial charge in [-0.3, -0.25) is 0 Å². The van der Waals surface area contributed by atoms with E-state index in [1.165, 1.54) is 0 Å². The Bertz CT molecular complexity index is 44.2. The van der Waals surface area contributed by atoms with E-state index in [0.717, 1.165) is 0 Å². The van der Waals surface area contributed by atoms with Gasteiger partial charge in [0, 0.05) is 0 Å². The summed E-state index contributed by atoms with van der Waals surface area (Å²) >= 11 is 9.47. The van der Waals surface area contributed by atoms with Gasteiger partial charge in [-0.15, -0.1) is 12.6 Å². The summed E-state index contributed by atoms with van der Waals surface area (Å²) in [5.74, 6) is 4.06. The second kappa shape index (κ2) is 9.90. The van der Waals surface area contributed by atoms with Crippen LogP contribution < -0.4 is 5.73 Å². The first-order valence-corrected chi connectivity index (χ1v) is 4.06. The molecule has 2 N–H and O–H groups in total. The number of hydrogen-bond acceptors (Lipinski definition) is 1. The van der Waals surface area contributed by atoms with Crippen molar-refractivity contribution in [3.8, 4) is 0 Å². The van der Waals surface area contributed by atoms with E-state index in [2.05, 4.69) is 24.8 Å². The summed E-state index contributed by atoms with van der Waals surface area (Å²) < 4.78 is 0.194. The molecule has 0 aromatic heterocycles. The molecule has 0 saturated carbocycles. The van der Waals surface area contributed by atoms with Crippen LogP contribution in [0.4, 0.5) is 0 Å². The Morgan fingerprint density at radius 1 is 1.71 bits per heavy atom. The Morgan fingerprint density at radius 2 is 1.71 bits per heavy atom. The third-order valence-electron chi connectivity index (χ3n) is 0. The van der Waals surface area contributed by atoms with E-state index in [1.54, 1.807) is 0 Å². The monoisotopic (exact) mass is 186 g/mol. The number of nitrogens with two attached hydrogens (primary N) is 1. The fraction of sp³-hybridized carbons (Fsp3) is 0.667. The number of hydrogen-bond donors (Lipinski definition) is 2. The topological polar surface area (TPSA) is 26.0 Å². The molecule has 7 heavy (non-hydrogen) atoms. The zero-order chi connectivity index (χ0) is 6.28. The van der Waals surface area contributed by atoms with Crippen molar-refractivity contribution >= 4 is 29.2 Å². The van der Waals surface area contributed by atoms with Crippen molar-refractivity contribution in [2.75, 3.05) is 0 Å².